The van der Waals surface area contributed by atoms with Gasteiger partial charge in [0.15, 0.2) is 5.84 Å². The number of amidine groups is 2. The number of hydrogen-bond acceptors (Lipinski definition) is 1. The highest BCUT2D eigenvalue weighted by atomic mass is 14.9. The van der Waals surface area contributed by atoms with Crippen molar-refractivity contribution in [2.75, 3.05) is 0 Å². The van der Waals surface area contributed by atoms with Gasteiger partial charge in [0.1, 0.15) is 5.84 Å². The van der Waals surface area contributed by atoms with E-state index >= 15 is 0 Å². The monoisotopic (exact) mass is 245 g/mol. The standard InChI is InChI=1S/C13H17N3.C2H6/c1-8-3-4-11(7-9(8)2)13(15)16-12(14)10-5-6-10;1-2/h3-4,7,10H,5-6H2,1-2H3,(H3,14,15,16);1-2H3. The fourth-order valence-corrected chi connectivity index (χ4v) is 1.55. The lowest BCUT2D eigenvalue weighted by molar-refractivity contribution is 1.16. The minimum atomic E-state index is 0.271. The molecule has 1 aliphatic rings. The van der Waals surface area contributed by atoms with Gasteiger partial charge in [-0.1, -0.05) is 26.0 Å². The molecule has 0 saturated heterocycles. The molecule has 0 aromatic heterocycles. The largest absolute Gasteiger partial charge is 0.387 e. The van der Waals surface area contributed by atoms with Gasteiger partial charge in [0.2, 0.25) is 0 Å². The lowest BCUT2D eigenvalue weighted by Gasteiger charge is -2.04. The normalized spacial score (nSPS) is 14.8. The SMILES string of the molecule is CC.Cc1ccc(C(=N)N=C(N)C2CC2)cc1C. The quantitative estimate of drug-likeness (QED) is 0.608. The molecule has 98 valence electrons. The number of aryl methyl sites for hydroxylation is 2. The highest BCUT2D eigenvalue weighted by Gasteiger charge is 2.25. The van der Waals surface area contributed by atoms with Gasteiger partial charge in [-0.2, -0.15) is 0 Å². The number of hydrogen-bond donors (Lipinski definition) is 2. The zero-order chi connectivity index (χ0) is 13.7. The highest BCUT2D eigenvalue weighted by Crippen LogP contribution is 2.28. The molecule has 0 radical (unpaired) electrons. The third kappa shape index (κ3) is 3.69. The van der Waals surface area contributed by atoms with E-state index in [4.69, 9.17) is 11.1 Å². The van der Waals surface area contributed by atoms with Gasteiger partial charge >= 0.3 is 0 Å². The Bertz CT molecular complexity index is 457. The average molecular weight is 245 g/mol. The predicted octanol–water partition coefficient (Wildman–Crippen LogP) is 3.42. The predicted molar refractivity (Wildman–Crippen MR) is 78.4 cm³/mol. The molecule has 1 fully saturated rings. The van der Waals surface area contributed by atoms with E-state index in [1.54, 1.807) is 0 Å². The van der Waals surface area contributed by atoms with E-state index in [0.29, 0.717) is 11.8 Å². The van der Waals surface area contributed by atoms with Crippen LogP contribution in [0.3, 0.4) is 0 Å². The maximum atomic E-state index is 7.88. The summed E-state index contributed by atoms with van der Waals surface area (Å²) in [5.41, 5.74) is 9.05. The van der Waals surface area contributed by atoms with Crippen LogP contribution in [0.1, 0.15) is 43.4 Å². The molecule has 1 aliphatic carbocycles. The topological polar surface area (TPSA) is 62.2 Å². The Morgan fingerprint density at radius 2 is 1.83 bits per heavy atom. The van der Waals surface area contributed by atoms with E-state index in [2.05, 4.69) is 11.9 Å². The number of nitrogens with zero attached hydrogens (tertiary/aromatic N) is 1. The molecule has 0 atom stereocenters. The van der Waals surface area contributed by atoms with Gasteiger partial charge in [-0.3, -0.25) is 5.41 Å². The van der Waals surface area contributed by atoms with Crippen molar-refractivity contribution in [1.82, 2.24) is 0 Å². The molecule has 0 heterocycles. The Morgan fingerprint density at radius 3 is 2.33 bits per heavy atom. The first-order valence-corrected chi connectivity index (χ1v) is 6.58. The summed E-state index contributed by atoms with van der Waals surface area (Å²) < 4.78 is 0. The van der Waals surface area contributed by atoms with Crippen LogP contribution in [0.15, 0.2) is 23.2 Å². The summed E-state index contributed by atoms with van der Waals surface area (Å²) in [6, 6.07) is 5.93. The van der Waals surface area contributed by atoms with E-state index in [1.165, 1.54) is 11.1 Å². The molecular weight excluding hydrogens is 222 g/mol. The molecule has 3 heteroatoms. The minimum Gasteiger partial charge on any atom is -0.387 e. The zero-order valence-electron chi connectivity index (χ0n) is 11.7. The van der Waals surface area contributed by atoms with Crippen molar-refractivity contribution >= 4 is 11.7 Å². The second-order valence-electron chi connectivity index (χ2n) is 4.46. The van der Waals surface area contributed by atoms with Crippen LogP contribution in [0.4, 0.5) is 0 Å². The molecule has 2 rings (SSSR count). The van der Waals surface area contributed by atoms with Gasteiger partial charge in [0.05, 0.1) is 0 Å². The molecule has 0 unspecified atom stereocenters. The minimum absolute atomic E-state index is 0.271. The van der Waals surface area contributed by atoms with Gasteiger partial charge in [-0.25, -0.2) is 4.99 Å². The molecule has 1 aromatic carbocycles. The third-order valence-corrected chi connectivity index (χ3v) is 3.02. The number of nitrogens with two attached hydrogens (primary N) is 1. The Labute approximate surface area is 110 Å². The number of rotatable bonds is 2. The van der Waals surface area contributed by atoms with E-state index in [-0.39, 0.29) is 5.84 Å². The summed E-state index contributed by atoms with van der Waals surface area (Å²) in [7, 11) is 0. The molecule has 1 aromatic rings. The molecule has 0 bridgehead atoms. The smallest absolute Gasteiger partial charge is 0.153 e. The van der Waals surface area contributed by atoms with E-state index in [0.717, 1.165) is 18.4 Å². The molecule has 0 amide bonds. The van der Waals surface area contributed by atoms with Crippen LogP contribution in [0.5, 0.6) is 0 Å². The van der Waals surface area contributed by atoms with Gasteiger partial charge in [-0.05, 0) is 43.9 Å². The fraction of sp³-hybridized carbons (Fsp3) is 0.467. The maximum absolute atomic E-state index is 7.88. The highest BCUT2D eigenvalue weighted by molar-refractivity contribution is 6.05. The molecule has 18 heavy (non-hydrogen) atoms. The summed E-state index contributed by atoms with van der Waals surface area (Å²) in [5, 5.41) is 7.88. The van der Waals surface area contributed by atoms with E-state index < -0.39 is 0 Å². The molecule has 1 saturated carbocycles. The number of benzene rings is 1. The van der Waals surface area contributed by atoms with Crippen LogP contribution in [-0.2, 0) is 0 Å². The first-order valence-electron chi connectivity index (χ1n) is 6.58. The summed E-state index contributed by atoms with van der Waals surface area (Å²) in [6.07, 6.45) is 2.24. The second-order valence-corrected chi connectivity index (χ2v) is 4.46. The Hall–Kier alpha value is -1.64. The Balaban J connectivity index is 0.000000771. The average Bonchev–Trinajstić information content (AvgIpc) is 3.19. The first-order chi connectivity index (χ1) is 8.58. The van der Waals surface area contributed by atoms with Crippen LogP contribution in [-0.4, -0.2) is 11.7 Å². The zero-order valence-corrected chi connectivity index (χ0v) is 11.7. The van der Waals surface area contributed by atoms with Crippen molar-refractivity contribution in [2.24, 2.45) is 16.6 Å². The van der Waals surface area contributed by atoms with Crippen molar-refractivity contribution in [3.8, 4) is 0 Å². The van der Waals surface area contributed by atoms with Gasteiger partial charge in [0.25, 0.3) is 0 Å². The summed E-state index contributed by atoms with van der Waals surface area (Å²) >= 11 is 0. The second kappa shape index (κ2) is 6.34. The first kappa shape index (κ1) is 14.4. The van der Waals surface area contributed by atoms with Crippen molar-refractivity contribution in [3.05, 3.63) is 34.9 Å². The van der Waals surface area contributed by atoms with Crippen LogP contribution >= 0.6 is 0 Å². The lowest BCUT2D eigenvalue weighted by atomic mass is 10.1. The third-order valence-electron chi connectivity index (χ3n) is 3.02. The number of aliphatic imine (C=N–C) groups is 1. The molecular formula is C15H23N3. The van der Waals surface area contributed by atoms with Crippen molar-refractivity contribution in [1.29, 1.82) is 5.41 Å². The van der Waals surface area contributed by atoms with Gasteiger partial charge in [-0.15, -0.1) is 0 Å². The molecule has 0 aliphatic heterocycles. The number of nitrogens with one attached hydrogen (secondary N) is 1. The fourth-order valence-electron chi connectivity index (χ4n) is 1.55. The summed E-state index contributed by atoms with van der Waals surface area (Å²) in [5.74, 6) is 1.31. The van der Waals surface area contributed by atoms with Crippen LogP contribution in [0.25, 0.3) is 0 Å². The maximum Gasteiger partial charge on any atom is 0.153 e. The molecule has 3 N–H and O–H groups in total. The van der Waals surface area contributed by atoms with Crippen LogP contribution < -0.4 is 5.73 Å². The molecule has 3 nitrogen and oxygen atoms in total. The van der Waals surface area contributed by atoms with Crippen LogP contribution in [0, 0.1) is 25.2 Å². The molecule has 0 spiro atoms. The van der Waals surface area contributed by atoms with E-state index in [1.807, 2.05) is 39.0 Å². The van der Waals surface area contributed by atoms with Crippen molar-refractivity contribution in [2.45, 2.75) is 40.5 Å². The summed E-state index contributed by atoms with van der Waals surface area (Å²) in [6.45, 7) is 8.10. The van der Waals surface area contributed by atoms with Gasteiger partial charge in [0, 0.05) is 11.5 Å². The van der Waals surface area contributed by atoms with E-state index in [9.17, 15) is 0 Å². The van der Waals surface area contributed by atoms with Gasteiger partial charge < -0.3 is 5.73 Å². The lowest BCUT2D eigenvalue weighted by Crippen LogP contribution is -2.16. The van der Waals surface area contributed by atoms with Crippen molar-refractivity contribution < 1.29 is 0 Å². The summed E-state index contributed by atoms with van der Waals surface area (Å²) in [4.78, 5) is 4.16. The van der Waals surface area contributed by atoms with Crippen LogP contribution in [0.2, 0.25) is 0 Å². The van der Waals surface area contributed by atoms with Crippen molar-refractivity contribution in [3.63, 3.8) is 0 Å². The Morgan fingerprint density at radius 1 is 1.22 bits per heavy atom. The Kier molecular flexibility index (Phi) is 5.08.